The molecule has 5 heteroatoms. The maximum absolute atomic E-state index is 11.6. The zero-order valence-electron chi connectivity index (χ0n) is 17.6. The van der Waals surface area contributed by atoms with E-state index in [1.807, 2.05) is 19.2 Å². The molecule has 0 aliphatic carbocycles. The first-order valence-corrected chi connectivity index (χ1v) is 10.3. The molecule has 0 spiro atoms. The Kier molecular flexibility index (Phi) is 6.36. The van der Waals surface area contributed by atoms with Crippen molar-refractivity contribution in [1.29, 1.82) is 0 Å². The largest absolute Gasteiger partial charge is 0.381 e. The molecule has 0 aromatic carbocycles. The van der Waals surface area contributed by atoms with E-state index < -0.39 is 0 Å². The van der Waals surface area contributed by atoms with Crippen molar-refractivity contribution < 1.29 is 4.74 Å². The van der Waals surface area contributed by atoms with Crippen LogP contribution in [0.15, 0.2) is 41.5 Å². The van der Waals surface area contributed by atoms with Gasteiger partial charge in [-0.2, -0.15) is 0 Å². The number of aromatic nitrogens is 2. The minimum absolute atomic E-state index is 0.0302. The minimum atomic E-state index is -0.0709. The lowest BCUT2D eigenvalue weighted by Crippen LogP contribution is -2.42. The lowest BCUT2D eigenvalue weighted by molar-refractivity contribution is 0.0385. The van der Waals surface area contributed by atoms with Gasteiger partial charge in [-0.15, -0.1) is 0 Å². The molecule has 1 atom stereocenters. The Bertz CT molecular complexity index is 828. The van der Waals surface area contributed by atoms with E-state index in [1.165, 1.54) is 5.56 Å². The van der Waals surface area contributed by atoms with E-state index in [4.69, 9.17) is 4.74 Å². The van der Waals surface area contributed by atoms with Crippen molar-refractivity contribution in [2.45, 2.75) is 52.5 Å². The number of ether oxygens (including phenoxy) is 1. The summed E-state index contributed by atoms with van der Waals surface area (Å²) in [4.78, 5) is 21.4. The first-order valence-electron chi connectivity index (χ1n) is 10.3. The number of aryl methyl sites for hydroxylation is 2. The van der Waals surface area contributed by atoms with Crippen molar-refractivity contribution >= 4 is 0 Å². The summed E-state index contributed by atoms with van der Waals surface area (Å²) in [5.74, 6) is 0. The van der Waals surface area contributed by atoms with Gasteiger partial charge in [-0.1, -0.05) is 6.07 Å². The highest BCUT2D eigenvalue weighted by atomic mass is 16.5. The van der Waals surface area contributed by atoms with Crippen molar-refractivity contribution in [3.8, 4) is 0 Å². The fourth-order valence-corrected chi connectivity index (χ4v) is 4.19. The molecule has 2 aromatic rings. The Morgan fingerprint density at radius 1 is 1.32 bits per heavy atom. The Morgan fingerprint density at radius 3 is 2.82 bits per heavy atom. The normalized spacial score (nSPS) is 20.6. The van der Waals surface area contributed by atoms with E-state index in [0.717, 1.165) is 56.8 Å². The standard InChI is InChI=1S/C23H33N3O2/c1-5-28-17-23(10-8-19-9-12-24-21(27)14-19)11-13-26(16-23)22(3,4)20-7-6-18(2)25-15-20/h6-7,9,12,14-15H,5,8,10-11,13,16-17H2,1-4H3,(H,24,27)/t23-/m1/s1. The van der Waals surface area contributed by atoms with E-state index in [9.17, 15) is 4.79 Å². The Balaban J connectivity index is 1.75. The third-order valence-corrected chi connectivity index (χ3v) is 6.24. The highest BCUT2D eigenvalue weighted by Gasteiger charge is 2.43. The Morgan fingerprint density at radius 2 is 2.14 bits per heavy atom. The number of nitrogens with zero attached hydrogens (tertiary/aromatic N) is 2. The molecule has 0 radical (unpaired) electrons. The summed E-state index contributed by atoms with van der Waals surface area (Å²) in [6.45, 7) is 12.2. The molecule has 1 saturated heterocycles. The number of pyridine rings is 2. The zero-order chi connectivity index (χ0) is 20.2. The van der Waals surface area contributed by atoms with Gasteiger partial charge in [0.25, 0.3) is 0 Å². The van der Waals surface area contributed by atoms with Crippen LogP contribution >= 0.6 is 0 Å². The highest BCUT2D eigenvalue weighted by Crippen LogP contribution is 2.41. The maximum Gasteiger partial charge on any atom is 0.248 e. The topological polar surface area (TPSA) is 58.2 Å². The van der Waals surface area contributed by atoms with Crippen molar-refractivity contribution in [3.63, 3.8) is 0 Å². The maximum atomic E-state index is 11.6. The van der Waals surface area contributed by atoms with E-state index in [0.29, 0.717) is 0 Å². The number of aromatic amines is 1. The summed E-state index contributed by atoms with van der Waals surface area (Å²) in [5.41, 5.74) is 3.41. The number of nitrogens with one attached hydrogen (secondary N) is 1. The lowest BCUT2D eigenvalue weighted by atomic mass is 9.81. The predicted molar refractivity (Wildman–Crippen MR) is 112 cm³/mol. The summed E-state index contributed by atoms with van der Waals surface area (Å²) >= 11 is 0. The van der Waals surface area contributed by atoms with Crippen molar-refractivity contribution in [2.75, 3.05) is 26.3 Å². The molecule has 1 fully saturated rings. The highest BCUT2D eigenvalue weighted by molar-refractivity contribution is 5.22. The van der Waals surface area contributed by atoms with Crippen LogP contribution in [0, 0.1) is 12.3 Å². The third-order valence-electron chi connectivity index (χ3n) is 6.24. The first kappa shape index (κ1) is 20.7. The predicted octanol–water partition coefficient (Wildman–Crippen LogP) is 3.67. The van der Waals surface area contributed by atoms with Crippen molar-refractivity contribution in [1.82, 2.24) is 14.9 Å². The van der Waals surface area contributed by atoms with Gasteiger partial charge in [-0.3, -0.25) is 14.7 Å². The summed E-state index contributed by atoms with van der Waals surface area (Å²) in [5, 5.41) is 0. The van der Waals surface area contributed by atoms with Crippen LogP contribution in [0.3, 0.4) is 0 Å². The molecule has 28 heavy (non-hydrogen) atoms. The van der Waals surface area contributed by atoms with Crippen molar-refractivity contribution in [3.05, 3.63) is 63.8 Å². The molecule has 0 amide bonds. The van der Waals surface area contributed by atoms with Gasteiger partial charge >= 0.3 is 0 Å². The summed E-state index contributed by atoms with van der Waals surface area (Å²) in [6.07, 6.45) is 6.78. The third kappa shape index (κ3) is 4.70. The lowest BCUT2D eigenvalue weighted by Gasteiger charge is -2.38. The molecule has 5 nitrogen and oxygen atoms in total. The fraction of sp³-hybridized carbons (Fsp3) is 0.565. The van der Waals surface area contributed by atoms with Gasteiger partial charge < -0.3 is 9.72 Å². The zero-order valence-corrected chi connectivity index (χ0v) is 17.6. The van der Waals surface area contributed by atoms with Crippen molar-refractivity contribution in [2.24, 2.45) is 5.41 Å². The van der Waals surface area contributed by atoms with Crippen LogP contribution < -0.4 is 5.56 Å². The molecule has 152 valence electrons. The molecule has 0 saturated carbocycles. The van der Waals surface area contributed by atoms with Crippen LogP contribution in [0.5, 0.6) is 0 Å². The van der Waals surface area contributed by atoms with E-state index in [2.05, 4.69) is 47.8 Å². The average Bonchev–Trinajstić information content (AvgIpc) is 3.11. The van der Waals surface area contributed by atoms with Crippen LogP contribution in [-0.4, -0.2) is 41.2 Å². The molecule has 1 aliphatic heterocycles. The molecule has 1 N–H and O–H groups in total. The molecular formula is C23H33N3O2. The minimum Gasteiger partial charge on any atom is -0.381 e. The summed E-state index contributed by atoms with van der Waals surface area (Å²) < 4.78 is 5.91. The van der Waals surface area contributed by atoms with Crippen LogP contribution in [-0.2, 0) is 16.7 Å². The second-order valence-electron chi connectivity index (χ2n) is 8.62. The smallest absolute Gasteiger partial charge is 0.248 e. The number of hydrogen-bond donors (Lipinski definition) is 1. The van der Waals surface area contributed by atoms with Crippen LogP contribution in [0.1, 0.15) is 50.4 Å². The van der Waals surface area contributed by atoms with Crippen LogP contribution in [0.4, 0.5) is 0 Å². The number of H-pyrrole nitrogens is 1. The number of likely N-dealkylation sites (tertiary alicyclic amines) is 1. The quantitative estimate of drug-likeness (QED) is 0.756. The van der Waals surface area contributed by atoms with Gasteiger partial charge in [0.15, 0.2) is 0 Å². The number of rotatable bonds is 8. The molecule has 1 aliphatic rings. The summed E-state index contributed by atoms with van der Waals surface area (Å²) in [7, 11) is 0. The molecule has 3 heterocycles. The van der Waals surface area contributed by atoms with E-state index >= 15 is 0 Å². The second kappa shape index (κ2) is 8.58. The van der Waals surface area contributed by atoms with Crippen LogP contribution in [0.25, 0.3) is 0 Å². The fourth-order valence-electron chi connectivity index (χ4n) is 4.19. The van der Waals surface area contributed by atoms with Gasteiger partial charge in [-0.25, -0.2) is 0 Å². The SMILES string of the molecule is CCOC[C@]1(CCc2cc[nH]c(=O)c2)CCN(C(C)(C)c2ccc(C)nc2)C1. The molecule has 2 aromatic heterocycles. The van der Waals surface area contributed by atoms with Gasteiger partial charge in [0.2, 0.25) is 5.56 Å². The average molecular weight is 384 g/mol. The van der Waals surface area contributed by atoms with Gasteiger partial charge in [0.05, 0.1) is 6.61 Å². The van der Waals surface area contributed by atoms with E-state index in [1.54, 1.807) is 12.3 Å². The van der Waals surface area contributed by atoms with Gasteiger partial charge in [0.1, 0.15) is 0 Å². The molecule has 3 rings (SSSR count). The molecule has 0 bridgehead atoms. The summed E-state index contributed by atoms with van der Waals surface area (Å²) in [6, 6.07) is 8.00. The molecule has 0 unspecified atom stereocenters. The Labute approximate surface area is 168 Å². The van der Waals surface area contributed by atoms with Crippen LogP contribution in [0.2, 0.25) is 0 Å². The van der Waals surface area contributed by atoms with Gasteiger partial charge in [-0.05, 0) is 76.8 Å². The van der Waals surface area contributed by atoms with Gasteiger partial charge in [0, 0.05) is 48.3 Å². The first-order chi connectivity index (χ1) is 13.3. The monoisotopic (exact) mass is 383 g/mol. The number of hydrogen-bond acceptors (Lipinski definition) is 4. The van der Waals surface area contributed by atoms with E-state index in [-0.39, 0.29) is 16.5 Å². The molecular weight excluding hydrogens is 350 g/mol. The second-order valence-corrected chi connectivity index (χ2v) is 8.62. The Hall–Kier alpha value is -1.98.